The van der Waals surface area contributed by atoms with E-state index in [4.69, 9.17) is 4.74 Å². The zero-order chi connectivity index (χ0) is 10.7. The van der Waals surface area contributed by atoms with Gasteiger partial charge in [-0.25, -0.2) is 4.39 Å². The number of methoxy groups -OCH3 is 1. The Morgan fingerprint density at radius 2 is 2.21 bits per heavy atom. The van der Waals surface area contributed by atoms with Crippen LogP contribution in [0.4, 0.5) is 4.39 Å². The van der Waals surface area contributed by atoms with Crippen LogP contribution in [0.1, 0.15) is 11.1 Å². The van der Waals surface area contributed by atoms with E-state index < -0.39 is 17.3 Å². The van der Waals surface area contributed by atoms with Crippen molar-refractivity contribution in [2.45, 2.75) is 13.5 Å². The summed E-state index contributed by atoms with van der Waals surface area (Å²) in [6.45, 7) is 1.15. The minimum absolute atomic E-state index is 0.251. The molecule has 0 saturated carbocycles. The van der Waals surface area contributed by atoms with Gasteiger partial charge in [0.2, 0.25) is 6.54 Å². The molecule has 0 aliphatic heterocycles. The normalized spacial score (nSPS) is 9.93. The monoisotopic (exact) mass is 199 g/mol. The van der Waals surface area contributed by atoms with Crippen molar-refractivity contribution in [2.24, 2.45) is 0 Å². The molecule has 0 N–H and O–H groups in total. The Labute approximate surface area is 80.5 Å². The molecule has 0 atom stereocenters. The highest BCUT2D eigenvalue weighted by molar-refractivity contribution is 5.37. The van der Waals surface area contributed by atoms with Gasteiger partial charge in [0.15, 0.2) is 0 Å². The molecule has 0 amide bonds. The highest BCUT2D eigenvalue weighted by Crippen LogP contribution is 2.22. The lowest BCUT2D eigenvalue weighted by molar-refractivity contribution is -0.496. The molecule has 0 heterocycles. The number of benzene rings is 1. The fourth-order valence-corrected chi connectivity index (χ4v) is 1.15. The summed E-state index contributed by atoms with van der Waals surface area (Å²) in [6.07, 6.45) is 0. The Hall–Kier alpha value is -1.65. The van der Waals surface area contributed by atoms with Gasteiger partial charge in [-0.05, 0) is 24.6 Å². The Bertz CT molecular complexity index is 365. The second-order valence-electron chi connectivity index (χ2n) is 2.90. The molecule has 0 aliphatic rings. The fraction of sp³-hybridized carbons (Fsp3) is 0.333. The summed E-state index contributed by atoms with van der Waals surface area (Å²) in [6, 6.07) is 2.59. The molecule has 0 radical (unpaired) electrons. The number of nitro groups is 1. The van der Waals surface area contributed by atoms with Crippen molar-refractivity contribution in [3.05, 3.63) is 39.2 Å². The third-order valence-electron chi connectivity index (χ3n) is 1.86. The summed E-state index contributed by atoms with van der Waals surface area (Å²) in [5.74, 6) is -0.108. The van der Waals surface area contributed by atoms with Crippen LogP contribution in [0, 0.1) is 22.9 Å². The van der Waals surface area contributed by atoms with Gasteiger partial charge in [0.25, 0.3) is 0 Å². The van der Waals surface area contributed by atoms with Crippen molar-refractivity contribution in [3.63, 3.8) is 0 Å². The quantitative estimate of drug-likeness (QED) is 0.552. The number of nitrogens with zero attached hydrogens (tertiary/aromatic N) is 1. The lowest BCUT2D eigenvalue weighted by Gasteiger charge is -2.06. The van der Waals surface area contributed by atoms with Gasteiger partial charge in [-0.2, -0.15) is 0 Å². The average molecular weight is 199 g/mol. The molecular formula is C9H10FNO3. The maximum absolute atomic E-state index is 13.1. The molecule has 0 saturated heterocycles. The smallest absolute Gasteiger partial charge is 0.232 e. The van der Waals surface area contributed by atoms with Gasteiger partial charge in [-0.1, -0.05) is 0 Å². The highest BCUT2D eigenvalue weighted by Gasteiger charge is 2.12. The molecule has 14 heavy (non-hydrogen) atoms. The first kappa shape index (κ1) is 10.4. The summed E-state index contributed by atoms with van der Waals surface area (Å²) in [5, 5.41) is 10.3. The summed E-state index contributed by atoms with van der Waals surface area (Å²) in [4.78, 5) is 9.74. The van der Waals surface area contributed by atoms with E-state index in [1.165, 1.54) is 13.2 Å². The maximum Gasteiger partial charge on any atom is 0.232 e. The molecule has 0 fully saturated rings. The van der Waals surface area contributed by atoms with Crippen molar-refractivity contribution >= 4 is 0 Å². The molecule has 0 spiro atoms. The van der Waals surface area contributed by atoms with Crippen molar-refractivity contribution in [1.29, 1.82) is 0 Å². The minimum atomic E-state index is -0.521. The van der Waals surface area contributed by atoms with Crippen molar-refractivity contribution in [2.75, 3.05) is 7.11 Å². The molecule has 1 rings (SSSR count). The molecule has 76 valence electrons. The summed E-state index contributed by atoms with van der Waals surface area (Å²) < 4.78 is 18.0. The number of halogens is 1. The molecule has 5 heteroatoms. The van der Waals surface area contributed by atoms with Gasteiger partial charge in [-0.3, -0.25) is 10.1 Å². The van der Waals surface area contributed by atoms with Gasteiger partial charge >= 0.3 is 0 Å². The molecule has 1 aromatic rings. The third-order valence-corrected chi connectivity index (χ3v) is 1.86. The van der Waals surface area contributed by atoms with Crippen LogP contribution in [-0.2, 0) is 6.54 Å². The third kappa shape index (κ3) is 2.18. The predicted octanol–water partition coefficient (Wildman–Crippen LogP) is 1.92. The Kier molecular flexibility index (Phi) is 3.01. The summed E-state index contributed by atoms with van der Waals surface area (Å²) in [5.41, 5.74) is 0.662. The van der Waals surface area contributed by atoms with Gasteiger partial charge < -0.3 is 4.74 Å². The number of aryl methyl sites for hydroxylation is 1. The van der Waals surface area contributed by atoms with Crippen molar-refractivity contribution < 1.29 is 14.1 Å². The van der Waals surface area contributed by atoms with Crippen LogP contribution in [-0.4, -0.2) is 12.0 Å². The molecule has 0 aliphatic carbocycles. The number of ether oxygens (including phenoxy) is 1. The Balaban J connectivity index is 3.13. The van der Waals surface area contributed by atoms with E-state index in [1.807, 2.05) is 0 Å². The number of rotatable bonds is 3. The van der Waals surface area contributed by atoms with E-state index in [0.29, 0.717) is 11.3 Å². The van der Waals surface area contributed by atoms with Gasteiger partial charge in [0.1, 0.15) is 11.6 Å². The van der Waals surface area contributed by atoms with Crippen LogP contribution in [0.15, 0.2) is 12.1 Å². The lowest BCUT2D eigenvalue weighted by Crippen LogP contribution is -2.02. The van der Waals surface area contributed by atoms with E-state index in [9.17, 15) is 14.5 Å². The van der Waals surface area contributed by atoms with E-state index in [-0.39, 0.29) is 5.56 Å². The molecule has 1 aromatic carbocycles. The zero-order valence-corrected chi connectivity index (χ0v) is 7.91. The second-order valence-corrected chi connectivity index (χ2v) is 2.90. The lowest BCUT2D eigenvalue weighted by atomic mass is 10.1. The van der Waals surface area contributed by atoms with Crippen LogP contribution >= 0.6 is 0 Å². The standard InChI is InChI=1S/C9H10FNO3/c1-6-3-9(14-2)7(4-8(6)10)5-11(12)13/h3-4H,5H2,1-2H3. The SMILES string of the molecule is COc1cc(C)c(F)cc1C[N+](=O)[O-]. The van der Waals surface area contributed by atoms with E-state index >= 15 is 0 Å². The first-order chi connectivity index (χ1) is 6.54. The summed E-state index contributed by atoms with van der Waals surface area (Å²) >= 11 is 0. The van der Waals surface area contributed by atoms with Gasteiger partial charge in [-0.15, -0.1) is 0 Å². The van der Waals surface area contributed by atoms with Crippen LogP contribution in [0.2, 0.25) is 0 Å². The molecule has 0 aromatic heterocycles. The molecule has 0 unspecified atom stereocenters. The topological polar surface area (TPSA) is 52.4 Å². The van der Waals surface area contributed by atoms with Gasteiger partial charge in [0, 0.05) is 4.92 Å². The first-order valence-corrected chi connectivity index (χ1v) is 3.99. The average Bonchev–Trinajstić information content (AvgIpc) is 2.10. The maximum atomic E-state index is 13.1. The Morgan fingerprint density at radius 3 is 2.71 bits per heavy atom. The largest absolute Gasteiger partial charge is 0.496 e. The Morgan fingerprint density at radius 1 is 1.57 bits per heavy atom. The van der Waals surface area contributed by atoms with E-state index in [2.05, 4.69) is 0 Å². The van der Waals surface area contributed by atoms with Crippen molar-refractivity contribution in [3.8, 4) is 5.75 Å². The number of hydrogen-bond acceptors (Lipinski definition) is 3. The van der Waals surface area contributed by atoms with E-state index in [1.54, 1.807) is 6.92 Å². The van der Waals surface area contributed by atoms with Crippen LogP contribution in [0.25, 0.3) is 0 Å². The molecule has 4 nitrogen and oxygen atoms in total. The zero-order valence-electron chi connectivity index (χ0n) is 7.91. The van der Waals surface area contributed by atoms with Crippen LogP contribution in [0.3, 0.4) is 0 Å². The first-order valence-electron chi connectivity index (χ1n) is 3.99. The second kappa shape index (κ2) is 4.04. The van der Waals surface area contributed by atoms with Gasteiger partial charge in [0.05, 0.1) is 12.7 Å². The minimum Gasteiger partial charge on any atom is -0.496 e. The van der Waals surface area contributed by atoms with Crippen LogP contribution < -0.4 is 4.74 Å². The fourth-order valence-electron chi connectivity index (χ4n) is 1.15. The van der Waals surface area contributed by atoms with Crippen molar-refractivity contribution in [1.82, 2.24) is 0 Å². The highest BCUT2D eigenvalue weighted by atomic mass is 19.1. The molecular weight excluding hydrogens is 189 g/mol. The summed E-state index contributed by atoms with van der Waals surface area (Å²) in [7, 11) is 1.40. The predicted molar refractivity (Wildman–Crippen MR) is 48.4 cm³/mol. The number of hydrogen-bond donors (Lipinski definition) is 0. The van der Waals surface area contributed by atoms with Crippen LogP contribution in [0.5, 0.6) is 5.75 Å². The molecule has 0 bridgehead atoms. The van der Waals surface area contributed by atoms with E-state index in [0.717, 1.165) is 6.07 Å².